The molecule has 1 fully saturated rings. The SMILES string of the molecule is COc1ccc(CN(C(=O)c2cccc(NC(C)=O)c2)C(C)C2CC2)cc1. The minimum absolute atomic E-state index is 0.0163. The molecule has 1 aliphatic carbocycles. The first-order chi connectivity index (χ1) is 13.0. The predicted molar refractivity (Wildman–Crippen MR) is 106 cm³/mol. The van der Waals surface area contributed by atoms with Crippen molar-refractivity contribution in [1.82, 2.24) is 4.90 Å². The molecule has 1 atom stereocenters. The molecule has 5 nitrogen and oxygen atoms in total. The summed E-state index contributed by atoms with van der Waals surface area (Å²) in [5.41, 5.74) is 2.29. The molecule has 2 aromatic rings. The van der Waals surface area contributed by atoms with Crippen LogP contribution in [0, 0.1) is 5.92 Å². The zero-order valence-electron chi connectivity index (χ0n) is 16.1. The molecule has 0 aromatic heterocycles. The van der Waals surface area contributed by atoms with Crippen molar-refractivity contribution in [3.63, 3.8) is 0 Å². The van der Waals surface area contributed by atoms with Crippen LogP contribution in [0.3, 0.4) is 0 Å². The molecule has 3 rings (SSSR count). The lowest BCUT2D eigenvalue weighted by atomic mass is 10.1. The van der Waals surface area contributed by atoms with Crippen LogP contribution < -0.4 is 10.1 Å². The molecular weight excluding hydrogens is 340 g/mol. The highest BCUT2D eigenvalue weighted by atomic mass is 16.5. The topological polar surface area (TPSA) is 58.6 Å². The molecule has 0 saturated heterocycles. The summed E-state index contributed by atoms with van der Waals surface area (Å²) in [5.74, 6) is 1.19. The molecule has 1 unspecified atom stereocenters. The fraction of sp³-hybridized carbons (Fsp3) is 0.364. The van der Waals surface area contributed by atoms with E-state index in [1.807, 2.05) is 29.2 Å². The van der Waals surface area contributed by atoms with Gasteiger partial charge in [0.05, 0.1) is 7.11 Å². The number of nitrogens with zero attached hydrogens (tertiary/aromatic N) is 1. The molecule has 1 N–H and O–H groups in total. The third-order valence-corrected chi connectivity index (χ3v) is 5.00. The number of benzene rings is 2. The largest absolute Gasteiger partial charge is 0.497 e. The van der Waals surface area contributed by atoms with E-state index in [0.29, 0.717) is 23.7 Å². The van der Waals surface area contributed by atoms with Crippen LogP contribution in [0.15, 0.2) is 48.5 Å². The number of methoxy groups -OCH3 is 1. The van der Waals surface area contributed by atoms with Crippen molar-refractivity contribution in [2.45, 2.75) is 39.3 Å². The van der Waals surface area contributed by atoms with Crippen molar-refractivity contribution in [3.8, 4) is 5.75 Å². The average molecular weight is 366 g/mol. The van der Waals surface area contributed by atoms with E-state index >= 15 is 0 Å². The Kier molecular flexibility index (Phi) is 5.79. The number of nitrogens with one attached hydrogen (secondary N) is 1. The van der Waals surface area contributed by atoms with E-state index in [0.717, 1.165) is 11.3 Å². The molecule has 5 heteroatoms. The van der Waals surface area contributed by atoms with E-state index in [1.54, 1.807) is 31.4 Å². The van der Waals surface area contributed by atoms with Gasteiger partial charge in [-0.25, -0.2) is 0 Å². The average Bonchev–Trinajstić information content (AvgIpc) is 3.50. The van der Waals surface area contributed by atoms with Crippen LogP contribution in [-0.4, -0.2) is 29.9 Å². The maximum absolute atomic E-state index is 13.3. The molecule has 0 spiro atoms. The molecule has 27 heavy (non-hydrogen) atoms. The summed E-state index contributed by atoms with van der Waals surface area (Å²) in [6.07, 6.45) is 2.33. The first-order valence-corrected chi connectivity index (χ1v) is 9.29. The molecule has 0 heterocycles. The van der Waals surface area contributed by atoms with Gasteiger partial charge in [0, 0.05) is 30.8 Å². The molecule has 2 amide bonds. The summed E-state index contributed by atoms with van der Waals surface area (Å²) >= 11 is 0. The highest BCUT2D eigenvalue weighted by molar-refractivity contribution is 5.97. The van der Waals surface area contributed by atoms with E-state index < -0.39 is 0 Å². The Hall–Kier alpha value is -2.82. The van der Waals surface area contributed by atoms with E-state index in [-0.39, 0.29) is 17.9 Å². The van der Waals surface area contributed by atoms with E-state index in [9.17, 15) is 9.59 Å². The third kappa shape index (κ3) is 4.88. The Balaban J connectivity index is 1.83. The lowest BCUT2D eigenvalue weighted by Gasteiger charge is -2.30. The summed E-state index contributed by atoms with van der Waals surface area (Å²) < 4.78 is 5.22. The van der Waals surface area contributed by atoms with Gasteiger partial charge in [-0.1, -0.05) is 18.2 Å². The number of hydrogen-bond donors (Lipinski definition) is 1. The number of rotatable bonds is 7. The fourth-order valence-electron chi connectivity index (χ4n) is 3.26. The molecular formula is C22H26N2O3. The van der Waals surface area contributed by atoms with Crippen LogP contribution in [0.1, 0.15) is 42.6 Å². The third-order valence-electron chi connectivity index (χ3n) is 5.00. The monoisotopic (exact) mass is 366 g/mol. The van der Waals surface area contributed by atoms with Gasteiger partial charge in [-0.3, -0.25) is 9.59 Å². The van der Waals surface area contributed by atoms with Gasteiger partial charge in [-0.15, -0.1) is 0 Å². The maximum Gasteiger partial charge on any atom is 0.254 e. The maximum atomic E-state index is 13.3. The fourth-order valence-corrected chi connectivity index (χ4v) is 3.26. The summed E-state index contributed by atoms with van der Waals surface area (Å²) in [6, 6.07) is 15.1. The van der Waals surface area contributed by atoms with Crippen LogP contribution in [-0.2, 0) is 11.3 Å². The van der Waals surface area contributed by atoms with Crippen molar-refractivity contribution in [2.75, 3.05) is 12.4 Å². The number of carbonyl (C=O) groups is 2. The minimum atomic E-state index is -0.152. The smallest absolute Gasteiger partial charge is 0.254 e. The Labute approximate surface area is 160 Å². The zero-order chi connectivity index (χ0) is 19.4. The second kappa shape index (κ2) is 8.25. The van der Waals surface area contributed by atoms with Crippen molar-refractivity contribution >= 4 is 17.5 Å². The second-order valence-electron chi connectivity index (χ2n) is 7.12. The Morgan fingerprint density at radius 2 is 1.89 bits per heavy atom. The van der Waals surface area contributed by atoms with Crippen LogP contribution in [0.5, 0.6) is 5.75 Å². The van der Waals surface area contributed by atoms with E-state index in [4.69, 9.17) is 4.74 Å². The number of carbonyl (C=O) groups excluding carboxylic acids is 2. The quantitative estimate of drug-likeness (QED) is 0.803. The van der Waals surface area contributed by atoms with E-state index in [1.165, 1.54) is 19.8 Å². The van der Waals surface area contributed by atoms with Crippen LogP contribution in [0.2, 0.25) is 0 Å². The van der Waals surface area contributed by atoms with Gasteiger partial charge in [-0.05, 0) is 61.6 Å². The van der Waals surface area contributed by atoms with Gasteiger partial charge in [-0.2, -0.15) is 0 Å². The predicted octanol–water partition coefficient (Wildman–Crippen LogP) is 4.09. The zero-order valence-corrected chi connectivity index (χ0v) is 16.1. The van der Waals surface area contributed by atoms with Crippen LogP contribution in [0.25, 0.3) is 0 Å². The first kappa shape index (κ1) is 19.0. The minimum Gasteiger partial charge on any atom is -0.497 e. The van der Waals surface area contributed by atoms with Gasteiger partial charge < -0.3 is 15.0 Å². The van der Waals surface area contributed by atoms with Crippen LogP contribution >= 0.6 is 0 Å². The standard InChI is InChI=1S/C22H26N2O3/c1-15(18-9-10-18)24(14-17-7-11-21(27-3)12-8-17)22(26)19-5-4-6-20(13-19)23-16(2)25/h4-8,11-13,15,18H,9-10,14H2,1-3H3,(H,23,25). The highest BCUT2D eigenvalue weighted by Gasteiger charge is 2.34. The molecule has 142 valence electrons. The molecule has 0 bridgehead atoms. The summed E-state index contributed by atoms with van der Waals surface area (Å²) in [7, 11) is 1.64. The van der Waals surface area contributed by atoms with Gasteiger partial charge >= 0.3 is 0 Å². The molecule has 1 saturated carbocycles. The summed E-state index contributed by atoms with van der Waals surface area (Å²) in [6.45, 7) is 4.13. The number of hydrogen-bond acceptors (Lipinski definition) is 3. The van der Waals surface area contributed by atoms with Crippen molar-refractivity contribution < 1.29 is 14.3 Å². The molecule has 1 aliphatic rings. The summed E-state index contributed by atoms with van der Waals surface area (Å²) in [5, 5.41) is 2.74. The van der Waals surface area contributed by atoms with E-state index in [2.05, 4.69) is 12.2 Å². The van der Waals surface area contributed by atoms with Gasteiger partial charge in [0.2, 0.25) is 5.91 Å². The number of ether oxygens (including phenoxy) is 1. The summed E-state index contributed by atoms with van der Waals surface area (Å²) in [4.78, 5) is 26.5. The molecule has 2 aromatic carbocycles. The van der Waals surface area contributed by atoms with Gasteiger partial charge in [0.1, 0.15) is 5.75 Å². The first-order valence-electron chi connectivity index (χ1n) is 9.29. The second-order valence-corrected chi connectivity index (χ2v) is 7.12. The van der Waals surface area contributed by atoms with Crippen molar-refractivity contribution in [2.24, 2.45) is 5.92 Å². The number of anilines is 1. The van der Waals surface area contributed by atoms with Gasteiger partial charge in [0.15, 0.2) is 0 Å². The highest BCUT2D eigenvalue weighted by Crippen LogP contribution is 2.36. The van der Waals surface area contributed by atoms with Crippen LogP contribution in [0.4, 0.5) is 5.69 Å². The Morgan fingerprint density at radius 1 is 1.19 bits per heavy atom. The Bertz CT molecular complexity index is 813. The molecule has 0 aliphatic heterocycles. The number of amides is 2. The lowest BCUT2D eigenvalue weighted by molar-refractivity contribution is -0.114. The normalized spacial score (nSPS) is 14.3. The lowest BCUT2D eigenvalue weighted by Crippen LogP contribution is -2.39. The Morgan fingerprint density at radius 3 is 2.48 bits per heavy atom. The van der Waals surface area contributed by atoms with Crippen molar-refractivity contribution in [3.05, 3.63) is 59.7 Å². The molecule has 0 radical (unpaired) electrons. The van der Waals surface area contributed by atoms with Crippen molar-refractivity contribution in [1.29, 1.82) is 0 Å². The van der Waals surface area contributed by atoms with Gasteiger partial charge in [0.25, 0.3) is 5.91 Å².